The lowest BCUT2D eigenvalue weighted by molar-refractivity contribution is 0.0422. The first-order valence-electron chi connectivity index (χ1n) is 11.6. The lowest BCUT2D eigenvalue weighted by Crippen LogP contribution is -2.49. The Morgan fingerprint density at radius 2 is 1.57 bits per heavy atom. The third-order valence-electron chi connectivity index (χ3n) is 5.26. The molecule has 0 saturated heterocycles. The fourth-order valence-corrected chi connectivity index (χ4v) is 3.72. The van der Waals surface area contributed by atoms with Gasteiger partial charge in [-0.3, -0.25) is 0 Å². The van der Waals surface area contributed by atoms with Crippen molar-refractivity contribution in [2.75, 3.05) is 6.54 Å². The minimum atomic E-state index is -1.04. The van der Waals surface area contributed by atoms with Crippen molar-refractivity contribution < 1.29 is 23.4 Å². The molecule has 3 N–H and O–H groups in total. The van der Waals surface area contributed by atoms with Crippen LogP contribution in [0.5, 0.6) is 0 Å². The van der Waals surface area contributed by atoms with Gasteiger partial charge in [-0.15, -0.1) is 0 Å². The van der Waals surface area contributed by atoms with Gasteiger partial charge in [0.15, 0.2) is 0 Å². The predicted octanol–water partition coefficient (Wildman–Crippen LogP) is 5.22. The van der Waals surface area contributed by atoms with Crippen LogP contribution < -0.4 is 10.6 Å². The Balaban J connectivity index is 1.65. The minimum absolute atomic E-state index is 0.0280. The zero-order valence-electron chi connectivity index (χ0n) is 20.2. The largest absolute Gasteiger partial charge is 0.444 e. The molecule has 0 aliphatic rings. The average Bonchev–Trinajstić information content (AvgIpc) is 2.77. The van der Waals surface area contributed by atoms with Crippen LogP contribution >= 0.6 is 0 Å². The molecule has 3 aromatic carbocycles. The summed E-state index contributed by atoms with van der Waals surface area (Å²) < 4.78 is 32.7. The van der Waals surface area contributed by atoms with Crippen LogP contribution in [0.25, 0.3) is 11.1 Å². The minimum Gasteiger partial charge on any atom is -0.444 e. The second-order valence-electron chi connectivity index (χ2n) is 9.50. The Kier molecular flexibility index (Phi) is 8.95. The molecule has 7 heteroatoms. The zero-order valence-corrected chi connectivity index (χ0v) is 20.2. The second kappa shape index (κ2) is 11.9. The lowest BCUT2D eigenvalue weighted by Gasteiger charge is -2.27. The zero-order chi connectivity index (χ0) is 25.4. The average molecular weight is 483 g/mol. The number of alkyl carbamates (subject to hydrolysis) is 1. The van der Waals surface area contributed by atoms with Crippen molar-refractivity contribution in [3.63, 3.8) is 0 Å². The molecule has 5 nitrogen and oxygen atoms in total. The summed E-state index contributed by atoms with van der Waals surface area (Å²) in [4.78, 5) is 12.4. The van der Waals surface area contributed by atoms with E-state index in [1.165, 1.54) is 12.1 Å². The maximum Gasteiger partial charge on any atom is 0.407 e. The van der Waals surface area contributed by atoms with Gasteiger partial charge < -0.3 is 20.5 Å². The Morgan fingerprint density at radius 1 is 0.914 bits per heavy atom. The molecule has 0 heterocycles. The van der Waals surface area contributed by atoms with Gasteiger partial charge >= 0.3 is 6.09 Å². The topological polar surface area (TPSA) is 70.6 Å². The van der Waals surface area contributed by atoms with E-state index in [0.717, 1.165) is 22.8 Å². The molecule has 3 rings (SSSR count). The van der Waals surface area contributed by atoms with Gasteiger partial charge in [-0.1, -0.05) is 48.5 Å². The van der Waals surface area contributed by atoms with Crippen molar-refractivity contribution in [1.29, 1.82) is 0 Å². The van der Waals surface area contributed by atoms with Crippen LogP contribution in [0.15, 0.2) is 72.8 Å². The number of halogens is 2. The van der Waals surface area contributed by atoms with Crippen molar-refractivity contribution in [3.8, 4) is 11.1 Å². The molecule has 35 heavy (non-hydrogen) atoms. The van der Waals surface area contributed by atoms with Crippen molar-refractivity contribution >= 4 is 6.09 Å². The van der Waals surface area contributed by atoms with Crippen LogP contribution in [0, 0.1) is 11.6 Å². The van der Waals surface area contributed by atoms with Gasteiger partial charge in [-0.25, -0.2) is 13.6 Å². The molecular formula is C28H32F2N2O3. The van der Waals surface area contributed by atoms with Gasteiger partial charge in [-0.2, -0.15) is 0 Å². The molecule has 0 radical (unpaired) electrons. The van der Waals surface area contributed by atoms with E-state index < -0.39 is 35.5 Å². The van der Waals surface area contributed by atoms with Crippen LogP contribution in [0.4, 0.5) is 13.6 Å². The first-order valence-corrected chi connectivity index (χ1v) is 11.6. The van der Waals surface area contributed by atoms with Gasteiger partial charge in [0.1, 0.15) is 17.2 Å². The molecular weight excluding hydrogens is 450 g/mol. The van der Waals surface area contributed by atoms with E-state index in [1.54, 1.807) is 20.8 Å². The summed E-state index contributed by atoms with van der Waals surface area (Å²) in [5, 5.41) is 16.7. The Bertz CT molecular complexity index is 1100. The van der Waals surface area contributed by atoms with E-state index in [0.29, 0.717) is 12.1 Å². The summed E-state index contributed by atoms with van der Waals surface area (Å²) in [6.07, 6.45) is -1.72. The van der Waals surface area contributed by atoms with Crippen LogP contribution in [-0.2, 0) is 17.7 Å². The lowest BCUT2D eigenvalue weighted by atomic mass is 10.0. The molecule has 1 amide bonds. The summed E-state index contributed by atoms with van der Waals surface area (Å²) in [6, 6.07) is 20.4. The standard InChI is InChI=1S/C28H32F2N2O3/c1-28(2,3)35-27(34)32-25(15-20-13-23(29)16-24(30)14-20)26(33)18-31-17-19-8-7-11-22(12-19)21-9-5-4-6-10-21/h4-14,16,25-26,31,33H,15,17-18H2,1-3H3,(H,32,34)/t25-,26+/m0/s1. The quantitative estimate of drug-likeness (QED) is 0.391. The van der Waals surface area contributed by atoms with Gasteiger partial charge in [0.05, 0.1) is 12.1 Å². The molecule has 3 aromatic rings. The van der Waals surface area contributed by atoms with E-state index in [9.17, 15) is 18.7 Å². The van der Waals surface area contributed by atoms with Crippen LogP contribution in [0.3, 0.4) is 0 Å². The van der Waals surface area contributed by atoms with Gasteiger partial charge in [-0.05, 0) is 67.6 Å². The molecule has 0 aliphatic carbocycles. The van der Waals surface area contributed by atoms with E-state index in [1.807, 2.05) is 48.5 Å². The van der Waals surface area contributed by atoms with E-state index >= 15 is 0 Å². The van der Waals surface area contributed by atoms with E-state index in [4.69, 9.17) is 4.74 Å². The number of hydrogen-bond donors (Lipinski definition) is 3. The normalized spacial score (nSPS) is 13.2. The maximum absolute atomic E-state index is 13.7. The van der Waals surface area contributed by atoms with Crippen molar-refractivity contribution in [2.24, 2.45) is 0 Å². The molecule has 0 aliphatic heterocycles. The van der Waals surface area contributed by atoms with Crippen LogP contribution in [0.2, 0.25) is 0 Å². The molecule has 2 atom stereocenters. The fourth-order valence-electron chi connectivity index (χ4n) is 3.72. The summed E-state index contributed by atoms with van der Waals surface area (Å²) in [7, 11) is 0. The van der Waals surface area contributed by atoms with E-state index in [-0.39, 0.29) is 13.0 Å². The number of carbonyl (C=O) groups is 1. The highest BCUT2D eigenvalue weighted by atomic mass is 19.1. The highest BCUT2D eigenvalue weighted by Crippen LogP contribution is 2.20. The molecule has 0 saturated carbocycles. The highest BCUT2D eigenvalue weighted by molar-refractivity contribution is 5.68. The summed E-state index contributed by atoms with van der Waals surface area (Å²) >= 11 is 0. The Hall–Kier alpha value is -3.29. The number of rotatable bonds is 9. The SMILES string of the molecule is CC(C)(C)OC(=O)N[C@@H](Cc1cc(F)cc(F)c1)[C@H](O)CNCc1cccc(-c2ccccc2)c1. The van der Waals surface area contributed by atoms with Crippen molar-refractivity contribution in [1.82, 2.24) is 10.6 Å². The molecule has 0 bridgehead atoms. The van der Waals surface area contributed by atoms with Gasteiger partial charge in [0, 0.05) is 19.2 Å². The first-order chi connectivity index (χ1) is 16.6. The third-order valence-corrected chi connectivity index (χ3v) is 5.26. The maximum atomic E-state index is 13.7. The number of amides is 1. The number of hydrogen-bond acceptors (Lipinski definition) is 4. The van der Waals surface area contributed by atoms with Gasteiger partial charge in [0.2, 0.25) is 0 Å². The predicted molar refractivity (Wildman–Crippen MR) is 133 cm³/mol. The van der Waals surface area contributed by atoms with Crippen molar-refractivity contribution in [3.05, 3.63) is 95.6 Å². The second-order valence-corrected chi connectivity index (χ2v) is 9.50. The number of aliphatic hydroxyl groups excluding tert-OH is 1. The van der Waals surface area contributed by atoms with Gasteiger partial charge in [0.25, 0.3) is 0 Å². The fraction of sp³-hybridized carbons (Fsp3) is 0.321. The molecule has 186 valence electrons. The summed E-state index contributed by atoms with van der Waals surface area (Å²) in [5.74, 6) is -1.44. The van der Waals surface area contributed by atoms with Crippen LogP contribution in [-0.4, -0.2) is 35.5 Å². The highest BCUT2D eigenvalue weighted by Gasteiger charge is 2.25. The van der Waals surface area contributed by atoms with E-state index in [2.05, 4.69) is 16.7 Å². The van der Waals surface area contributed by atoms with Crippen molar-refractivity contribution in [2.45, 2.75) is 51.5 Å². The third kappa shape index (κ3) is 8.77. The molecule has 0 spiro atoms. The van der Waals surface area contributed by atoms with Crippen LogP contribution in [0.1, 0.15) is 31.9 Å². The number of nitrogens with one attached hydrogen (secondary N) is 2. The summed E-state index contributed by atoms with van der Waals surface area (Å²) in [6.45, 7) is 5.82. The summed E-state index contributed by atoms with van der Waals surface area (Å²) in [5.41, 5.74) is 2.81. The Labute approximate surface area is 205 Å². The smallest absolute Gasteiger partial charge is 0.407 e. The number of carbonyl (C=O) groups excluding carboxylic acids is 1. The molecule has 0 unspecified atom stereocenters. The number of benzene rings is 3. The number of aliphatic hydroxyl groups is 1. The number of ether oxygens (including phenoxy) is 1. The monoisotopic (exact) mass is 482 g/mol. The first kappa shape index (κ1) is 26.3. The molecule has 0 aromatic heterocycles. The Morgan fingerprint density at radius 3 is 2.23 bits per heavy atom. The molecule has 0 fully saturated rings.